The number of hydrogen-bond acceptors (Lipinski definition) is 3. The summed E-state index contributed by atoms with van der Waals surface area (Å²) in [5.41, 5.74) is 2.53. The predicted molar refractivity (Wildman–Crippen MR) is 90.3 cm³/mol. The number of aryl methyl sites for hydroxylation is 1. The predicted octanol–water partition coefficient (Wildman–Crippen LogP) is 2.40. The highest BCUT2D eigenvalue weighted by molar-refractivity contribution is 5.74. The zero-order valence-electron chi connectivity index (χ0n) is 14.3. The molecular formula is C18H28N2O3. The van der Waals surface area contributed by atoms with Crippen molar-refractivity contribution < 1.29 is 14.6 Å². The lowest BCUT2D eigenvalue weighted by Gasteiger charge is -2.40. The highest BCUT2D eigenvalue weighted by atomic mass is 16.5. The van der Waals surface area contributed by atoms with E-state index in [2.05, 4.69) is 36.6 Å². The molecule has 1 aromatic rings. The second-order valence-corrected chi connectivity index (χ2v) is 6.92. The fraction of sp³-hybridized carbons (Fsp3) is 0.611. The molecule has 0 heterocycles. The first kappa shape index (κ1) is 17.8. The molecule has 2 amide bonds. The van der Waals surface area contributed by atoms with Crippen molar-refractivity contribution in [3.63, 3.8) is 0 Å². The van der Waals surface area contributed by atoms with E-state index < -0.39 is 6.10 Å². The molecule has 0 aliphatic heterocycles. The maximum atomic E-state index is 12.2. The molecule has 0 saturated carbocycles. The molecule has 23 heavy (non-hydrogen) atoms. The Balaban J connectivity index is 1.94. The lowest BCUT2D eigenvalue weighted by Crippen LogP contribution is -2.45. The molecule has 0 aromatic heterocycles. The van der Waals surface area contributed by atoms with Gasteiger partial charge in [0.05, 0.1) is 18.8 Å². The van der Waals surface area contributed by atoms with Crippen molar-refractivity contribution in [3.05, 3.63) is 35.4 Å². The second-order valence-electron chi connectivity index (χ2n) is 6.92. The third-order valence-corrected chi connectivity index (χ3v) is 4.58. The minimum Gasteiger partial charge on any atom is -0.391 e. The summed E-state index contributed by atoms with van der Waals surface area (Å²) in [7, 11) is 1.55. The molecule has 0 radical (unpaired) electrons. The average Bonchev–Trinajstić information content (AvgIpc) is 2.50. The van der Waals surface area contributed by atoms with Crippen molar-refractivity contribution in [2.75, 3.05) is 20.3 Å². The molecule has 1 aliphatic rings. The number of rotatable bonds is 6. The molecule has 2 rings (SSSR count). The van der Waals surface area contributed by atoms with E-state index in [-0.39, 0.29) is 24.1 Å². The summed E-state index contributed by atoms with van der Waals surface area (Å²) in [6.07, 6.45) is 2.02. The van der Waals surface area contributed by atoms with Gasteiger partial charge >= 0.3 is 6.03 Å². The first-order valence-electron chi connectivity index (χ1n) is 8.23. The molecule has 5 nitrogen and oxygen atoms in total. The monoisotopic (exact) mass is 320 g/mol. The normalized spacial score (nSPS) is 20.4. The maximum absolute atomic E-state index is 12.2. The van der Waals surface area contributed by atoms with Gasteiger partial charge in [-0.05, 0) is 35.8 Å². The Labute approximate surface area is 138 Å². The summed E-state index contributed by atoms with van der Waals surface area (Å²) in [6.45, 7) is 5.09. The summed E-state index contributed by atoms with van der Waals surface area (Å²) < 4.78 is 4.87. The topological polar surface area (TPSA) is 70.6 Å². The van der Waals surface area contributed by atoms with E-state index in [9.17, 15) is 9.90 Å². The van der Waals surface area contributed by atoms with Crippen LogP contribution in [0.5, 0.6) is 0 Å². The second kappa shape index (κ2) is 7.79. The zero-order valence-corrected chi connectivity index (χ0v) is 14.3. The quantitative estimate of drug-likeness (QED) is 0.754. The van der Waals surface area contributed by atoms with Crippen LogP contribution in [0.3, 0.4) is 0 Å². The van der Waals surface area contributed by atoms with Crippen molar-refractivity contribution >= 4 is 6.03 Å². The number of ether oxygens (including phenoxy) is 1. The first-order chi connectivity index (χ1) is 10.9. The third kappa shape index (κ3) is 4.69. The number of amides is 2. The van der Waals surface area contributed by atoms with Gasteiger partial charge in [-0.2, -0.15) is 0 Å². The van der Waals surface area contributed by atoms with E-state index in [4.69, 9.17) is 4.74 Å². The van der Waals surface area contributed by atoms with Gasteiger partial charge < -0.3 is 20.5 Å². The molecule has 2 atom stereocenters. The Hall–Kier alpha value is -1.59. The van der Waals surface area contributed by atoms with E-state index in [1.807, 2.05) is 12.1 Å². The molecule has 3 N–H and O–H groups in total. The van der Waals surface area contributed by atoms with Crippen molar-refractivity contribution in [1.29, 1.82) is 0 Å². The maximum Gasteiger partial charge on any atom is 0.315 e. The van der Waals surface area contributed by atoms with Crippen LogP contribution in [0.1, 0.15) is 43.9 Å². The third-order valence-electron chi connectivity index (χ3n) is 4.58. The van der Waals surface area contributed by atoms with Crippen LogP contribution in [-0.4, -0.2) is 37.5 Å². The summed E-state index contributed by atoms with van der Waals surface area (Å²) in [5.74, 6) is 0. The van der Waals surface area contributed by atoms with Crippen LogP contribution < -0.4 is 10.6 Å². The number of fused-ring (bicyclic) bond motifs is 1. The van der Waals surface area contributed by atoms with Gasteiger partial charge in [0.1, 0.15) is 0 Å². The van der Waals surface area contributed by atoms with Crippen LogP contribution in [0, 0.1) is 5.41 Å². The fourth-order valence-corrected chi connectivity index (χ4v) is 3.15. The van der Waals surface area contributed by atoms with Crippen molar-refractivity contribution in [1.82, 2.24) is 10.6 Å². The molecule has 0 saturated heterocycles. The van der Waals surface area contributed by atoms with Gasteiger partial charge in [0, 0.05) is 13.7 Å². The van der Waals surface area contributed by atoms with Crippen LogP contribution in [-0.2, 0) is 11.2 Å². The number of carbonyl (C=O) groups is 1. The van der Waals surface area contributed by atoms with Gasteiger partial charge in [-0.25, -0.2) is 4.79 Å². The number of aliphatic hydroxyl groups is 1. The molecular weight excluding hydrogens is 292 g/mol. The number of methoxy groups -OCH3 is 1. The van der Waals surface area contributed by atoms with Crippen LogP contribution in [0.15, 0.2) is 24.3 Å². The van der Waals surface area contributed by atoms with Crippen LogP contribution in [0.4, 0.5) is 4.79 Å². The number of benzene rings is 1. The Morgan fingerprint density at radius 1 is 1.43 bits per heavy atom. The van der Waals surface area contributed by atoms with Gasteiger partial charge in [-0.1, -0.05) is 38.1 Å². The van der Waals surface area contributed by atoms with Crippen LogP contribution in [0.25, 0.3) is 0 Å². The highest BCUT2D eigenvalue weighted by Gasteiger charge is 2.36. The van der Waals surface area contributed by atoms with E-state index >= 15 is 0 Å². The molecule has 0 spiro atoms. The van der Waals surface area contributed by atoms with Gasteiger partial charge in [-0.15, -0.1) is 0 Å². The summed E-state index contributed by atoms with van der Waals surface area (Å²) >= 11 is 0. The van der Waals surface area contributed by atoms with Crippen molar-refractivity contribution in [2.24, 2.45) is 5.41 Å². The molecule has 0 bridgehead atoms. The molecule has 5 heteroatoms. The number of hydrogen-bond donors (Lipinski definition) is 3. The van der Waals surface area contributed by atoms with Crippen LogP contribution >= 0.6 is 0 Å². The Morgan fingerprint density at radius 2 is 2.17 bits per heavy atom. The number of aliphatic hydroxyl groups excluding tert-OH is 1. The summed E-state index contributed by atoms with van der Waals surface area (Å²) in [4.78, 5) is 12.2. The number of urea groups is 1. The largest absolute Gasteiger partial charge is 0.391 e. The Bertz CT molecular complexity index is 531. The standard InChI is InChI=1S/C18H28N2O3/c1-18(2)10-8-13-6-4-5-7-15(13)16(18)20-17(22)19-11-9-14(21)12-23-3/h4-7,14,16,21H,8-12H2,1-3H3,(H2,19,20,22). The average molecular weight is 320 g/mol. The number of nitrogens with one attached hydrogen (secondary N) is 2. The van der Waals surface area contributed by atoms with Crippen molar-refractivity contribution in [2.45, 2.75) is 45.3 Å². The molecule has 2 unspecified atom stereocenters. The lowest BCUT2D eigenvalue weighted by molar-refractivity contribution is 0.0598. The number of carbonyl (C=O) groups excluding carboxylic acids is 1. The highest BCUT2D eigenvalue weighted by Crippen LogP contribution is 2.43. The SMILES string of the molecule is COCC(O)CCNC(=O)NC1c2ccccc2CCC1(C)C. The summed E-state index contributed by atoms with van der Waals surface area (Å²) in [5, 5.41) is 15.5. The fourth-order valence-electron chi connectivity index (χ4n) is 3.15. The summed E-state index contributed by atoms with van der Waals surface area (Å²) in [6, 6.07) is 8.11. The van der Waals surface area contributed by atoms with E-state index in [1.165, 1.54) is 11.1 Å². The smallest absolute Gasteiger partial charge is 0.315 e. The van der Waals surface area contributed by atoms with Crippen molar-refractivity contribution in [3.8, 4) is 0 Å². The van der Waals surface area contributed by atoms with Gasteiger partial charge in [0.25, 0.3) is 0 Å². The molecule has 0 fully saturated rings. The van der Waals surface area contributed by atoms with E-state index in [0.29, 0.717) is 13.0 Å². The first-order valence-corrected chi connectivity index (χ1v) is 8.23. The molecule has 1 aromatic carbocycles. The van der Waals surface area contributed by atoms with Crippen LogP contribution in [0.2, 0.25) is 0 Å². The zero-order chi connectivity index (χ0) is 16.9. The minimum atomic E-state index is -0.549. The minimum absolute atomic E-state index is 0.00338. The van der Waals surface area contributed by atoms with Gasteiger partial charge in [0.2, 0.25) is 0 Å². The lowest BCUT2D eigenvalue weighted by atomic mass is 9.70. The Kier molecular flexibility index (Phi) is 6.02. The van der Waals surface area contributed by atoms with E-state index in [1.54, 1.807) is 7.11 Å². The van der Waals surface area contributed by atoms with Gasteiger partial charge in [-0.3, -0.25) is 0 Å². The van der Waals surface area contributed by atoms with E-state index in [0.717, 1.165) is 12.8 Å². The molecule has 128 valence electrons. The van der Waals surface area contributed by atoms with Gasteiger partial charge in [0.15, 0.2) is 0 Å². The Morgan fingerprint density at radius 3 is 2.91 bits per heavy atom. The molecule has 1 aliphatic carbocycles.